The largest absolute Gasteiger partial charge is 0.494 e. The molecule has 0 bridgehead atoms. The van der Waals surface area contributed by atoms with Gasteiger partial charge in [0.2, 0.25) is 5.91 Å². The van der Waals surface area contributed by atoms with Gasteiger partial charge in [-0.15, -0.1) is 0 Å². The Morgan fingerprint density at radius 1 is 0.926 bits per heavy atom. The Morgan fingerprint density at radius 3 is 2.37 bits per heavy atom. The van der Waals surface area contributed by atoms with Crippen LogP contribution in [0.2, 0.25) is 0 Å². The predicted molar refractivity (Wildman–Crippen MR) is 105 cm³/mol. The molecule has 27 heavy (non-hydrogen) atoms. The first-order valence-corrected chi connectivity index (χ1v) is 8.91. The molecule has 0 heterocycles. The Bertz CT molecular complexity index is 750. The molecule has 0 saturated carbocycles. The van der Waals surface area contributed by atoms with Crippen LogP contribution in [-0.4, -0.2) is 31.7 Å². The molecule has 0 saturated heterocycles. The summed E-state index contributed by atoms with van der Waals surface area (Å²) >= 11 is 0. The van der Waals surface area contributed by atoms with Crippen molar-refractivity contribution in [3.05, 3.63) is 48.5 Å². The zero-order valence-electron chi connectivity index (χ0n) is 15.6. The van der Waals surface area contributed by atoms with Crippen LogP contribution in [0.3, 0.4) is 0 Å². The fraction of sp³-hybridized carbons (Fsp3) is 0.300. The zero-order chi connectivity index (χ0) is 19.5. The normalized spacial score (nSPS) is 10.0. The number of nitrogens with one attached hydrogen (secondary N) is 3. The van der Waals surface area contributed by atoms with Crippen LogP contribution in [0.25, 0.3) is 0 Å². The molecule has 0 spiro atoms. The van der Waals surface area contributed by atoms with Gasteiger partial charge in [-0.1, -0.05) is 18.2 Å². The van der Waals surface area contributed by atoms with Gasteiger partial charge in [-0.25, -0.2) is 4.79 Å². The molecule has 0 aliphatic rings. The van der Waals surface area contributed by atoms with Gasteiger partial charge in [0.05, 0.1) is 18.9 Å². The van der Waals surface area contributed by atoms with Crippen molar-refractivity contribution in [2.75, 3.05) is 30.4 Å². The lowest BCUT2D eigenvalue weighted by molar-refractivity contribution is -0.116. The second-order valence-corrected chi connectivity index (χ2v) is 5.57. The number of para-hydroxylation sites is 1. The van der Waals surface area contributed by atoms with E-state index < -0.39 is 0 Å². The first kappa shape index (κ1) is 20.1. The molecule has 144 valence electrons. The minimum Gasteiger partial charge on any atom is -0.494 e. The molecule has 7 heteroatoms. The van der Waals surface area contributed by atoms with Gasteiger partial charge in [-0.05, 0) is 38.1 Å². The van der Waals surface area contributed by atoms with E-state index in [4.69, 9.17) is 9.47 Å². The van der Waals surface area contributed by atoms with Gasteiger partial charge in [0.1, 0.15) is 11.5 Å². The van der Waals surface area contributed by atoms with Gasteiger partial charge >= 0.3 is 6.03 Å². The maximum absolute atomic E-state index is 12.2. The minimum atomic E-state index is -0.359. The number of ether oxygens (including phenoxy) is 2. The quantitative estimate of drug-likeness (QED) is 0.628. The number of rotatable bonds is 9. The van der Waals surface area contributed by atoms with E-state index in [0.717, 1.165) is 0 Å². The van der Waals surface area contributed by atoms with Gasteiger partial charge in [0.15, 0.2) is 0 Å². The number of carbonyl (C=O) groups is 2. The van der Waals surface area contributed by atoms with E-state index in [2.05, 4.69) is 16.0 Å². The zero-order valence-corrected chi connectivity index (χ0v) is 15.6. The summed E-state index contributed by atoms with van der Waals surface area (Å²) in [4.78, 5) is 24.0. The van der Waals surface area contributed by atoms with Gasteiger partial charge in [0.25, 0.3) is 0 Å². The van der Waals surface area contributed by atoms with Crippen LogP contribution in [0, 0.1) is 0 Å². The van der Waals surface area contributed by atoms with Crippen LogP contribution in [0.1, 0.15) is 20.3 Å². The molecule has 2 rings (SSSR count). The molecule has 7 nitrogen and oxygen atoms in total. The van der Waals surface area contributed by atoms with E-state index >= 15 is 0 Å². The molecule has 0 aromatic heterocycles. The van der Waals surface area contributed by atoms with Gasteiger partial charge < -0.3 is 25.4 Å². The van der Waals surface area contributed by atoms with Crippen molar-refractivity contribution in [3.8, 4) is 11.5 Å². The lowest BCUT2D eigenvalue weighted by atomic mass is 10.2. The third kappa shape index (κ3) is 6.89. The highest BCUT2D eigenvalue weighted by atomic mass is 16.5. The number of benzene rings is 2. The molecule has 0 atom stereocenters. The standard InChI is InChI=1S/C20H25N3O4/c1-3-26-16-10-11-18(27-4-2)17(14-16)23-19(24)12-13-21-20(25)22-15-8-6-5-7-9-15/h5-11,14H,3-4,12-13H2,1-2H3,(H,23,24)(H2,21,22,25). The Morgan fingerprint density at radius 2 is 1.67 bits per heavy atom. The summed E-state index contributed by atoms with van der Waals surface area (Å²) < 4.78 is 11.0. The van der Waals surface area contributed by atoms with Crippen molar-refractivity contribution in [1.82, 2.24) is 5.32 Å². The molecule has 3 N–H and O–H groups in total. The topological polar surface area (TPSA) is 88.7 Å². The number of amides is 3. The molecule has 0 fully saturated rings. The highest BCUT2D eigenvalue weighted by Gasteiger charge is 2.10. The number of urea groups is 1. The molecule has 0 radical (unpaired) electrons. The first-order chi connectivity index (χ1) is 13.1. The summed E-state index contributed by atoms with van der Waals surface area (Å²) in [6.45, 7) is 4.98. The van der Waals surface area contributed by atoms with E-state index in [1.54, 1.807) is 30.3 Å². The summed E-state index contributed by atoms with van der Waals surface area (Å²) in [5.74, 6) is 0.991. The molecule has 2 aromatic carbocycles. The maximum Gasteiger partial charge on any atom is 0.319 e. The third-order valence-electron chi connectivity index (χ3n) is 3.51. The second-order valence-electron chi connectivity index (χ2n) is 5.57. The average molecular weight is 371 g/mol. The SMILES string of the molecule is CCOc1ccc(OCC)c(NC(=O)CCNC(=O)Nc2ccccc2)c1. The average Bonchev–Trinajstić information content (AvgIpc) is 2.65. The van der Waals surface area contributed by atoms with Crippen LogP contribution >= 0.6 is 0 Å². The summed E-state index contributed by atoms with van der Waals surface area (Å²) in [6, 6.07) is 14.0. The fourth-order valence-corrected chi connectivity index (χ4v) is 2.34. The van der Waals surface area contributed by atoms with Gasteiger partial charge in [-0.2, -0.15) is 0 Å². The van der Waals surface area contributed by atoms with E-state index in [1.165, 1.54) is 0 Å². The lowest BCUT2D eigenvalue weighted by Crippen LogP contribution is -2.31. The Hall–Kier alpha value is -3.22. The number of anilines is 2. The first-order valence-electron chi connectivity index (χ1n) is 8.91. The van der Waals surface area contributed by atoms with Crippen molar-refractivity contribution < 1.29 is 19.1 Å². The lowest BCUT2D eigenvalue weighted by Gasteiger charge is -2.14. The Kier molecular flexibility index (Phi) is 7.96. The van der Waals surface area contributed by atoms with E-state index in [1.807, 2.05) is 32.0 Å². The van der Waals surface area contributed by atoms with Crippen LogP contribution in [0.15, 0.2) is 48.5 Å². The van der Waals surface area contributed by atoms with Crippen LogP contribution in [-0.2, 0) is 4.79 Å². The number of hydrogen-bond donors (Lipinski definition) is 3. The van der Waals surface area contributed by atoms with Crippen molar-refractivity contribution >= 4 is 23.3 Å². The third-order valence-corrected chi connectivity index (χ3v) is 3.51. The van der Waals surface area contributed by atoms with Crippen molar-refractivity contribution in [3.63, 3.8) is 0 Å². The van der Waals surface area contributed by atoms with Crippen molar-refractivity contribution in [2.24, 2.45) is 0 Å². The molecule has 0 aliphatic heterocycles. The molecule has 3 amide bonds. The van der Waals surface area contributed by atoms with Crippen molar-refractivity contribution in [2.45, 2.75) is 20.3 Å². The highest BCUT2D eigenvalue weighted by molar-refractivity contribution is 5.93. The van der Waals surface area contributed by atoms with Crippen LogP contribution < -0.4 is 25.4 Å². The predicted octanol–water partition coefficient (Wildman–Crippen LogP) is 3.63. The van der Waals surface area contributed by atoms with Crippen molar-refractivity contribution in [1.29, 1.82) is 0 Å². The van der Waals surface area contributed by atoms with Crippen LogP contribution in [0.4, 0.5) is 16.2 Å². The number of hydrogen-bond acceptors (Lipinski definition) is 4. The van der Waals surface area contributed by atoms with E-state index in [9.17, 15) is 9.59 Å². The molecular formula is C20H25N3O4. The monoisotopic (exact) mass is 371 g/mol. The smallest absolute Gasteiger partial charge is 0.319 e. The summed E-state index contributed by atoms with van der Waals surface area (Å²) in [6.07, 6.45) is 0.132. The minimum absolute atomic E-state index is 0.132. The van der Waals surface area contributed by atoms with Crippen LogP contribution in [0.5, 0.6) is 11.5 Å². The second kappa shape index (κ2) is 10.7. The van der Waals surface area contributed by atoms with E-state index in [0.29, 0.717) is 36.1 Å². The molecule has 0 aliphatic carbocycles. The summed E-state index contributed by atoms with van der Waals surface area (Å²) in [5.41, 5.74) is 1.23. The summed E-state index contributed by atoms with van der Waals surface area (Å²) in [5, 5.41) is 8.15. The van der Waals surface area contributed by atoms with Gasteiger partial charge in [-0.3, -0.25) is 4.79 Å². The van der Waals surface area contributed by atoms with Gasteiger partial charge in [0, 0.05) is 24.7 Å². The summed E-state index contributed by atoms with van der Waals surface area (Å²) in [7, 11) is 0. The maximum atomic E-state index is 12.2. The fourth-order valence-electron chi connectivity index (χ4n) is 2.34. The highest BCUT2D eigenvalue weighted by Crippen LogP contribution is 2.29. The molecule has 0 unspecified atom stereocenters. The van der Waals surface area contributed by atoms with E-state index in [-0.39, 0.29) is 24.9 Å². The molecular weight excluding hydrogens is 346 g/mol. The number of carbonyl (C=O) groups excluding carboxylic acids is 2. The molecule has 2 aromatic rings. The Balaban J connectivity index is 1.84. The Labute approximate surface area is 159 Å².